The summed E-state index contributed by atoms with van der Waals surface area (Å²) in [6, 6.07) is 11.7. The molecule has 6 heteroatoms. The van der Waals surface area contributed by atoms with E-state index in [2.05, 4.69) is 24.6 Å². The van der Waals surface area contributed by atoms with E-state index in [9.17, 15) is 8.42 Å². The molecule has 26 heavy (non-hydrogen) atoms. The molecular formula is C20H26N2O2S2. The van der Waals surface area contributed by atoms with Crippen LogP contribution in [0.2, 0.25) is 0 Å². The molecule has 1 aromatic heterocycles. The van der Waals surface area contributed by atoms with Gasteiger partial charge in [-0.2, -0.15) is 5.26 Å². The van der Waals surface area contributed by atoms with Crippen molar-refractivity contribution in [2.45, 2.75) is 57.2 Å². The van der Waals surface area contributed by atoms with Gasteiger partial charge >= 0.3 is 0 Å². The van der Waals surface area contributed by atoms with Crippen LogP contribution in [0, 0.1) is 17.2 Å². The molecule has 2 rings (SSSR count). The summed E-state index contributed by atoms with van der Waals surface area (Å²) in [5.74, 6) is 0.450. The lowest BCUT2D eigenvalue weighted by Gasteiger charge is -2.20. The largest absolute Gasteiger partial charge is 0.251 e. The smallest absolute Gasteiger partial charge is 0.206 e. The van der Waals surface area contributed by atoms with Gasteiger partial charge in [0.25, 0.3) is 10.0 Å². The molecule has 0 saturated carbocycles. The number of nitrogens with zero attached hydrogens (tertiary/aromatic N) is 1. The fourth-order valence-corrected chi connectivity index (χ4v) is 6.04. The van der Waals surface area contributed by atoms with Crippen molar-refractivity contribution in [3.63, 3.8) is 0 Å². The van der Waals surface area contributed by atoms with Gasteiger partial charge in [0.15, 0.2) is 0 Å². The van der Waals surface area contributed by atoms with Crippen LogP contribution in [0.1, 0.15) is 45.1 Å². The number of benzene rings is 1. The van der Waals surface area contributed by atoms with E-state index in [1.54, 1.807) is 0 Å². The Balaban J connectivity index is 2.53. The van der Waals surface area contributed by atoms with Crippen molar-refractivity contribution in [1.82, 2.24) is 4.72 Å². The molecule has 0 bridgehead atoms. The molecule has 0 aliphatic rings. The Bertz CT molecular complexity index is 897. The predicted molar refractivity (Wildman–Crippen MR) is 108 cm³/mol. The number of nitriles is 1. The first-order valence-electron chi connectivity index (χ1n) is 8.65. The maximum absolute atomic E-state index is 13.0. The van der Waals surface area contributed by atoms with E-state index in [1.165, 1.54) is 11.3 Å². The molecule has 0 spiro atoms. The van der Waals surface area contributed by atoms with Gasteiger partial charge in [0.1, 0.15) is 4.21 Å². The van der Waals surface area contributed by atoms with Crippen LogP contribution < -0.4 is 4.72 Å². The average Bonchev–Trinajstić information content (AvgIpc) is 2.90. The molecule has 0 amide bonds. The standard InChI is InChI=1S/C20H26N2O2S2/c1-14(2)12-17-13-18(16-8-6-15(7-9-16)10-11-21)19(25-17)26(23,24)22-20(3,4)5/h6-9,13-14,22H,10,12H2,1-5H3. The van der Waals surface area contributed by atoms with Crippen LogP contribution in [0.4, 0.5) is 0 Å². The molecular weight excluding hydrogens is 364 g/mol. The van der Waals surface area contributed by atoms with Crippen LogP contribution in [0.3, 0.4) is 0 Å². The van der Waals surface area contributed by atoms with Crippen molar-refractivity contribution in [1.29, 1.82) is 5.26 Å². The van der Waals surface area contributed by atoms with E-state index in [-0.39, 0.29) is 0 Å². The third kappa shape index (κ3) is 5.41. The zero-order valence-electron chi connectivity index (χ0n) is 16.0. The summed E-state index contributed by atoms with van der Waals surface area (Å²) < 4.78 is 29.1. The Morgan fingerprint density at radius 1 is 1.19 bits per heavy atom. The highest BCUT2D eigenvalue weighted by Crippen LogP contribution is 2.36. The van der Waals surface area contributed by atoms with Crippen LogP contribution >= 0.6 is 11.3 Å². The molecule has 140 valence electrons. The van der Waals surface area contributed by atoms with Crippen LogP contribution in [0.25, 0.3) is 11.1 Å². The monoisotopic (exact) mass is 390 g/mol. The Labute approximate surface area is 160 Å². The molecule has 1 N–H and O–H groups in total. The molecule has 0 atom stereocenters. The van der Waals surface area contributed by atoms with E-state index in [0.717, 1.165) is 28.0 Å². The zero-order valence-corrected chi connectivity index (χ0v) is 17.6. The Morgan fingerprint density at radius 3 is 2.31 bits per heavy atom. The van der Waals surface area contributed by atoms with E-state index in [4.69, 9.17) is 5.26 Å². The van der Waals surface area contributed by atoms with Gasteiger partial charge in [-0.25, -0.2) is 13.1 Å². The summed E-state index contributed by atoms with van der Waals surface area (Å²) in [7, 11) is -3.62. The molecule has 4 nitrogen and oxygen atoms in total. The molecule has 0 aliphatic heterocycles. The molecule has 0 unspecified atom stereocenters. The second kappa shape index (κ2) is 7.91. The quantitative estimate of drug-likeness (QED) is 0.773. The first-order valence-corrected chi connectivity index (χ1v) is 10.9. The van der Waals surface area contributed by atoms with Gasteiger partial charge in [0.05, 0.1) is 12.5 Å². The lowest BCUT2D eigenvalue weighted by atomic mass is 10.0. The normalized spacial score (nSPS) is 12.3. The Kier molecular flexibility index (Phi) is 6.28. The van der Waals surface area contributed by atoms with E-state index < -0.39 is 15.6 Å². The Hall–Kier alpha value is -1.68. The summed E-state index contributed by atoms with van der Waals surface area (Å²) in [5.41, 5.74) is 1.96. The second-order valence-electron chi connectivity index (χ2n) is 7.90. The summed E-state index contributed by atoms with van der Waals surface area (Å²) in [6.07, 6.45) is 1.19. The van der Waals surface area contributed by atoms with E-state index in [1.807, 2.05) is 51.1 Å². The first kappa shape index (κ1) is 20.6. The summed E-state index contributed by atoms with van der Waals surface area (Å²) in [6.45, 7) is 9.76. The molecule has 2 aromatic rings. The molecule has 1 heterocycles. The van der Waals surface area contributed by atoms with Crippen LogP contribution in [-0.2, 0) is 22.9 Å². The number of nitrogens with one attached hydrogen (secondary N) is 1. The molecule has 0 aliphatic carbocycles. The fraction of sp³-hybridized carbons (Fsp3) is 0.450. The number of rotatable bonds is 6. The highest BCUT2D eigenvalue weighted by Gasteiger charge is 2.27. The maximum Gasteiger partial charge on any atom is 0.251 e. The zero-order chi connectivity index (χ0) is 19.5. The topological polar surface area (TPSA) is 70.0 Å². The van der Waals surface area contributed by atoms with Crippen molar-refractivity contribution >= 4 is 21.4 Å². The maximum atomic E-state index is 13.0. The van der Waals surface area contributed by atoms with Crippen molar-refractivity contribution < 1.29 is 8.42 Å². The van der Waals surface area contributed by atoms with Crippen molar-refractivity contribution in [2.75, 3.05) is 0 Å². The molecule has 0 saturated heterocycles. The van der Waals surface area contributed by atoms with Gasteiger partial charge in [0, 0.05) is 16.0 Å². The van der Waals surface area contributed by atoms with E-state index >= 15 is 0 Å². The minimum atomic E-state index is -3.62. The van der Waals surface area contributed by atoms with Crippen molar-refractivity contribution in [3.05, 3.63) is 40.8 Å². The highest BCUT2D eigenvalue weighted by molar-refractivity contribution is 7.91. The summed E-state index contributed by atoms with van der Waals surface area (Å²) in [4.78, 5) is 1.06. The van der Waals surface area contributed by atoms with E-state index in [0.29, 0.717) is 16.5 Å². The SMILES string of the molecule is CC(C)Cc1cc(-c2ccc(CC#N)cc2)c(S(=O)(=O)NC(C)(C)C)s1. The lowest BCUT2D eigenvalue weighted by molar-refractivity contribution is 0.493. The van der Waals surface area contributed by atoms with Crippen molar-refractivity contribution in [3.8, 4) is 17.2 Å². The number of hydrogen-bond donors (Lipinski definition) is 1. The molecule has 0 fully saturated rings. The second-order valence-corrected chi connectivity index (χ2v) is 10.9. The van der Waals surface area contributed by atoms with Crippen LogP contribution in [0.15, 0.2) is 34.5 Å². The number of hydrogen-bond acceptors (Lipinski definition) is 4. The van der Waals surface area contributed by atoms with Gasteiger partial charge in [-0.15, -0.1) is 11.3 Å². The van der Waals surface area contributed by atoms with Crippen molar-refractivity contribution in [2.24, 2.45) is 5.92 Å². The average molecular weight is 391 g/mol. The minimum Gasteiger partial charge on any atom is -0.206 e. The molecule has 1 aromatic carbocycles. The fourth-order valence-electron chi connectivity index (χ4n) is 2.67. The van der Waals surface area contributed by atoms with Gasteiger partial charge in [0.2, 0.25) is 0 Å². The molecule has 0 radical (unpaired) electrons. The third-order valence-corrected chi connectivity index (χ3v) is 7.04. The first-order chi connectivity index (χ1) is 12.0. The van der Waals surface area contributed by atoms with Crippen LogP contribution in [0.5, 0.6) is 0 Å². The number of thiophene rings is 1. The summed E-state index contributed by atoms with van der Waals surface area (Å²) >= 11 is 1.34. The number of sulfonamides is 1. The highest BCUT2D eigenvalue weighted by atomic mass is 32.2. The Morgan fingerprint density at radius 2 is 1.81 bits per heavy atom. The van der Waals surface area contributed by atoms with Crippen LogP contribution in [-0.4, -0.2) is 14.0 Å². The summed E-state index contributed by atoms with van der Waals surface area (Å²) in [5, 5.41) is 8.82. The van der Waals surface area contributed by atoms with Gasteiger partial charge in [-0.1, -0.05) is 38.1 Å². The van der Waals surface area contributed by atoms with Gasteiger partial charge < -0.3 is 0 Å². The predicted octanol–water partition coefficient (Wildman–Crippen LogP) is 4.76. The minimum absolute atomic E-state index is 0.346. The van der Waals surface area contributed by atoms with Gasteiger partial charge in [-0.3, -0.25) is 0 Å². The lowest BCUT2D eigenvalue weighted by Crippen LogP contribution is -2.40. The van der Waals surface area contributed by atoms with Gasteiger partial charge in [-0.05, 0) is 50.3 Å². The third-order valence-electron chi connectivity index (χ3n) is 3.59.